The number of nitrogens with one attached hydrogen (secondary N) is 1. The molecule has 126 valence electrons. The first-order valence-electron chi connectivity index (χ1n) is 8.52. The molecule has 5 heteroatoms. The van der Waals surface area contributed by atoms with E-state index in [1.165, 1.54) is 5.56 Å². The molecule has 2 aliphatic heterocycles. The van der Waals surface area contributed by atoms with E-state index in [4.69, 9.17) is 4.74 Å². The topological polar surface area (TPSA) is 44.8 Å². The van der Waals surface area contributed by atoms with Crippen LogP contribution >= 0.6 is 0 Å². The molecule has 1 saturated heterocycles. The zero-order valence-electron chi connectivity index (χ0n) is 14.2. The molecule has 0 bridgehead atoms. The number of amides is 1. The molecule has 1 atom stereocenters. The molecule has 2 heterocycles. The van der Waals surface area contributed by atoms with E-state index in [1.807, 2.05) is 17.0 Å². The number of benzene rings is 1. The van der Waals surface area contributed by atoms with Gasteiger partial charge in [0, 0.05) is 32.1 Å². The fourth-order valence-electron chi connectivity index (χ4n) is 3.55. The zero-order valence-corrected chi connectivity index (χ0v) is 14.2. The van der Waals surface area contributed by atoms with Crippen LogP contribution in [0, 0.1) is 5.92 Å². The van der Waals surface area contributed by atoms with Gasteiger partial charge in [-0.25, -0.2) is 0 Å². The van der Waals surface area contributed by atoms with Gasteiger partial charge in [0.05, 0.1) is 24.5 Å². The first kappa shape index (κ1) is 16.3. The van der Waals surface area contributed by atoms with Gasteiger partial charge in [0.2, 0.25) is 0 Å². The lowest BCUT2D eigenvalue weighted by atomic mass is 9.98. The minimum atomic E-state index is 0.130. The second kappa shape index (κ2) is 7.32. The molecule has 23 heavy (non-hydrogen) atoms. The standard InChI is InChI=1S/C18H27N3O2/c1-20(2)11-14-12-21(9-10-23-13-14)18(22)16-7-3-5-15-6-4-8-19-17(15)16/h3,5,7,14,19H,4,6,8-13H2,1-2H3. The third-order valence-electron chi connectivity index (χ3n) is 4.55. The van der Waals surface area contributed by atoms with Gasteiger partial charge in [-0.05, 0) is 38.6 Å². The molecule has 1 fully saturated rings. The Balaban J connectivity index is 1.79. The Morgan fingerprint density at radius 1 is 1.43 bits per heavy atom. The van der Waals surface area contributed by atoms with Gasteiger partial charge in [-0.3, -0.25) is 4.79 Å². The number of ether oxygens (including phenoxy) is 1. The van der Waals surface area contributed by atoms with Crippen molar-refractivity contribution < 1.29 is 9.53 Å². The first-order valence-corrected chi connectivity index (χ1v) is 8.52. The van der Waals surface area contributed by atoms with E-state index in [0.29, 0.717) is 19.1 Å². The molecule has 0 aliphatic carbocycles. The Kier molecular flexibility index (Phi) is 5.18. The molecule has 0 aromatic heterocycles. The van der Waals surface area contributed by atoms with Crippen LogP contribution in [0.5, 0.6) is 0 Å². The van der Waals surface area contributed by atoms with Crippen LogP contribution in [0.3, 0.4) is 0 Å². The van der Waals surface area contributed by atoms with Gasteiger partial charge in [-0.2, -0.15) is 0 Å². The van der Waals surface area contributed by atoms with Crippen LogP contribution in [0.15, 0.2) is 18.2 Å². The highest BCUT2D eigenvalue weighted by atomic mass is 16.5. The quantitative estimate of drug-likeness (QED) is 0.921. The van der Waals surface area contributed by atoms with Crippen LogP contribution in [0.2, 0.25) is 0 Å². The SMILES string of the molecule is CN(C)CC1COCCN(C(=O)c2cccc3c2NCCC3)C1. The van der Waals surface area contributed by atoms with Gasteiger partial charge in [0.15, 0.2) is 0 Å². The first-order chi connectivity index (χ1) is 11.1. The summed E-state index contributed by atoms with van der Waals surface area (Å²) in [6.45, 7) is 4.68. The van der Waals surface area contributed by atoms with Crippen molar-refractivity contribution in [2.45, 2.75) is 12.8 Å². The number of hydrogen-bond donors (Lipinski definition) is 1. The number of nitrogens with zero attached hydrogens (tertiary/aromatic N) is 2. The molecule has 1 unspecified atom stereocenters. The van der Waals surface area contributed by atoms with Crippen molar-refractivity contribution >= 4 is 11.6 Å². The number of aryl methyl sites for hydroxylation is 1. The molecular formula is C18H27N3O2. The van der Waals surface area contributed by atoms with E-state index in [-0.39, 0.29) is 5.91 Å². The van der Waals surface area contributed by atoms with Crippen molar-refractivity contribution in [1.82, 2.24) is 9.80 Å². The number of anilines is 1. The Morgan fingerprint density at radius 3 is 3.13 bits per heavy atom. The highest BCUT2D eigenvalue weighted by Gasteiger charge is 2.26. The van der Waals surface area contributed by atoms with Gasteiger partial charge in [-0.15, -0.1) is 0 Å². The Bertz CT molecular complexity index is 559. The molecule has 0 radical (unpaired) electrons. The van der Waals surface area contributed by atoms with Crippen LogP contribution in [0.25, 0.3) is 0 Å². The van der Waals surface area contributed by atoms with Crippen molar-refractivity contribution in [3.63, 3.8) is 0 Å². The number of rotatable bonds is 3. The number of hydrogen-bond acceptors (Lipinski definition) is 4. The summed E-state index contributed by atoms with van der Waals surface area (Å²) < 4.78 is 5.70. The molecular weight excluding hydrogens is 290 g/mol. The minimum absolute atomic E-state index is 0.130. The Morgan fingerprint density at radius 2 is 2.30 bits per heavy atom. The summed E-state index contributed by atoms with van der Waals surface area (Å²) >= 11 is 0. The molecule has 0 spiro atoms. The molecule has 5 nitrogen and oxygen atoms in total. The molecule has 1 N–H and O–H groups in total. The van der Waals surface area contributed by atoms with E-state index in [0.717, 1.165) is 50.3 Å². The second-order valence-electron chi connectivity index (χ2n) is 6.82. The van der Waals surface area contributed by atoms with E-state index in [9.17, 15) is 4.79 Å². The number of carbonyl (C=O) groups is 1. The summed E-state index contributed by atoms with van der Waals surface area (Å²) in [7, 11) is 4.13. The zero-order chi connectivity index (χ0) is 16.2. The normalized spacial score (nSPS) is 21.5. The summed E-state index contributed by atoms with van der Waals surface area (Å²) in [5.41, 5.74) is 3.11. The smallest absolute Gasteiger partial charge is 0.256 e. The van der Waals surface area contributed by atoms with Gasteiger partial charge in [0.1, 0.15) is 0 Å². The molecule has 3 rings (SSSR count). The van der Waals surface area contributed by atoms with Crippen LogP contribution in [-0.2, 0) is 11.2 Å². The summed E-state index contributed by atoms with van der Waals surface area (Å²) in [5.74, 6) is 0.495. The van der Waals surface area contributed by atoms with Crippen molar-refractivity contribution in [1.29, 1.82) is 0 Å². The van der Waals surface area contributed by atoms with Crippen molar-refractivity contribution in [2.24, 2.45) is 5.92 Å². The molecule has 1 aromatic carbocycles. The fraction of sp³-hybridized carbons (Fsp3) is 0.611. The number of para-hydroxylation sites is 1. The lowest BCUT2D eigenvalue weighted by molar-refractivity contribution is 0.0736. The van der Waals surface area contributed by atoms with E-state index < -0.39 is 0 Å². The van der Waals surface area contributed by atoms with E-state index in [2.05, 4.69) is 30.4 Å². The molecule has 1 aromatic rings. The van der Waals surface area contributed by atoms with Crippen LogP contribution in [0.4, 0.5) is 5.69 Å². The Labute approximate surface area is 138 Å². The van der Waals surface area contributed by atoms with Crippen LogP contribution < -0.4 is 5.32 Å². The number of carbonyl (C=O) groups excluding carboxylic acids is 1. The van der Waals surface area contributed by atoms with Crippen molar-refractivity contribution in [3.05, 3.63) is 29.3 Å². The average molecular weight is 317 g/mol. The largest absolute Gasteiger partial charge is 0.384 e. The lowest BCUT2D eigenvalue weighted by Crippen LogP contribution is -2.39. The van der Waals surface area contributed by atoms with Crippen molar-refractivity contribution in [3.8, 4) is 0 Å². The van der Waals surface area contributed by atoms with Crippen LogP contribution in [0.1, 0.15) is 22.3 Å². The third kappa shape index (κ3) is 3.85. The Hall–Kier alpha value is -1.59. The molecule has 0 saturated carbocycles. The van der Waals surface area contributed by atoms with Gasteiger partial charge in [0.25, 0.3) is 5.91 Å². The summed E-state index contributed by atoms with van der Waals surface area (Å²) in [4.78, 5) is 17.2. The highest BCUT2D eigenvalue weighted by molar-refractivity contribution is 6.00. The monoisotopic (exact) mass is 317 g/mol. The fourth-order valence-corrected chi connectivity index (χ4v) is 3.55. The second-order valence-corrected chi connectivity index (χ2v) is 6.82. The minimum Gasteiger partial charge on any atom is -0.384 e. The van der Waals surface area contributed by atoms with E-state index in [1.54, 1.807) is 0 Å². The average Bonchev–Trinajstić information content (AvgIpc) is 2.78. The predicted molar refractivity (Wildman–Crippen MR) is 92.0 cm³/mol. The maximum atomic E-state index is 13.1. The maximum Gasteiger partial charge on any atom is 0.256 e. The predicted octanol–water partition coefficient (Wildman–Crippen LogP) is 1.69. The van der Waals surface area contributed by atoms with Gasteiger partial charge >= 0.3 is 0 Å². The number of fused-ring (bicyclic) bond motifs is 1. The highest BCUT2D eigenvalue weighted by Crippen LogP contribution is 2.27. The molecule has 2 aliphatic rings. The maximum absolute atomic E-state index is 13.1. The van der Waals surface area contributed by atoms with Gasteiger partial charge in [-0.1, -0.05) is 12.1 Å². The summed E-state index contributed by atoms with van der Waals surface area (Å²) in [6, 6.07) is 6.08. The summed E-state index contributed by atoms with van der Waals surface area (Å²) in [6.07, 6.45) is 2.18. The van der Waals surface area contributed by atoms with E-state index >= 15 is 0 Å². The van der Waals surface area contributed by atoms with Gasteiger partial charge < -0.3 is 19.9 Å². The summed E-state index contributed by atoms with van der Waals surface area (Å²) in [5, 5.41) is 3.42. The molecule has 1 amide bonds. The lowest BCUT2D eigenvalue weighted by Gasteiger charge is -2.27. The van der Waals surface area contributed by atoms with Crippen molar-refractivity contribution in [2.75, 3.05) is 58.8 Å². The third-order valence-corrected chi connectivity index (χ3v) is 4.55. The van der Waals surface area contributed by atoms with Crippen LogP contribution in [-0.4, -0.2) is 69.2 Å².